The molecule has 2 aliphatic rings. The molecule has 0 bridgehead atoms. The molecule has 2 aromatic heterocycles. The summed E-state index contributed by atoms with van der Waals surface area (Å²) in [6.45, 7) is 0. The third-order valence-corrected chi connectivity index (χ3v) is 6.87. The van der Waals surface area contributed by atoms with Crippen molar-refractivity contribution >= 4 is 35.0 Å². The second-order valence-electron chi connectivity index (χ2n) is 7.53. The van der Waals surface area contributed by atoms with Crippen LogP contribution in [0.4, 0.5) is 5.82 Å². The molecule has 3 heterocycles. The van der Waals surface area contributed by atoms with E-state index >= 15 is 0 Å². The molecule has 31 heavy (non-hydrogen) atoms. The molecular formula is C23H19ClN4O2S. The first-order valence-corrected chi connectivity index (χ1v) is 11.4. The summed E-state index contributed by atoms with van der Waals surface area (Å²) in [7, 11) is 0. The van der Waals surface area contributed by atoms with Gasteiger partial charge in [0.2, 0.25) is 0 Å². The van der Waals surface area contributed by atoms with Crippen molar-refractivity contribution in [2.45, 2.75) is 36.1 Å². The van der Waals surface area contributed by atoms with Crippen LogP contribution in [0.3, 0.4) is 0 Å². The van der Waals surface area contributed by atoms with E-state index in [0.29, 0.717) is 39.3 Å². The molecule has 2 N–H and O–H groups in total. The van der Waals surface area contributed by atoms with Crippen LogP contribution in [0.15, 0.2) is 70.0 Å². The Labute approximate surface area is 188 Å². The number of pyridine rings is 1. The van der Waals surface area contributed by atoms with Gasteiger partial charge in [0.1, 0.15) is 5.82 Å². The predicted molar refractivity (Wildman–Crippen MR) is 121 cm³/mol. The maximum Gasteiger partial charge on any atom is 0.257 e. The molecule has 1 aliphatic carbocycles. The van der Waals surface area contributed by atoms with E-state index < -0.39 is 5.92 Å². The minimum atomic E-state index is -0.466. The number of aromatic amines is 1. The number of H-pyrrole nitrogens is 1. The van der Waals surface area contributed by atoms with Crippen LogP contribution in [0.25, 0.3) is 0 Å². The number of Topliss-reactive ketones (excluding diaryl/α,β-unsaturated/α-hetero) is 1. The zero-order chi connectivity index (χ0) is 21.4. The summed E-state index contributed by atoms with van der Waals surface area (Å²) in [4.78, 5) is 37.8. The molecule has 5 rings (SSSR count). The van der Waals surface area contributed by atoms with Crippen molar-refractivity contribution in [1.29, 1.82) is 0 Å². The largest absolute Gasteiger partial charge is 0.343 e. The summed E-state index contributed by atoms with van der Waals surface area (Å²) in [6.07, 6.45) is 5.43. The Morgan fingerprint density at radius 1 is 1.13 bits per heavy atom. The average Bonchev–Trinajstić information content (AvgIpc) is 2.78. The molecule has 1 unspecified atom stereocenters. The molecule has 156 valence electrons. The van der Waals surface area contributed by atoms with Crippen LogP contribution < -0.4 is 10.9 Å². The fraction of sp³-hybridized carbons (Fsp3) is 0.217. The number of carbonyl (C=O) groups is 1. The van der Waals surface area contributed by atoms with E-state index in [0.717, 1.165) is 29.7 Å². The molecule has 1 atom stereocenters. The van der Waals surface area contributed by atoms with Gasteiger partial charge in [0, 0.05) is 46.8 Å². The van der Waals surface area contributed by atoms with E-state index in [9.17, 15) is 9.59 Å². The van der Waals surface area contributed by atoms with Crippen molar-refractivity contribution in [2.75, 3.05) is 5.32 Å². The number of nitrogens with one attached hydrogen (secondary N) is 2. The van der Waals surface area contributed by atoms with Crippen LogP contribution in [0.5, 0.6) is 0 Å². The lowest BCUT2D eigenvalue weighted by Gasteiger charge is -2.32. The quantitative estimate of drug-likeness (QED) is 0.443. The van der Waals surface area contributed by atoms with E-state index in [4.69, 9.17) is 16.6 Å². The number of hydrogen-bond acceptors (Lipinski definition) is 6. The fourth-order valence-corrected chi connectivity index (χ4v) is 5.30. The van der Waals surface area contributed by atoms with Crippen LogP contribution in [-0.2, 0) is 10.5 Å². The number of aromatic nitrogens is 3. The number of allylic oxidation sites excluding steroid dienone is 2. The zero-order valence-corrected chi connectivity index (χ0v) is 18.1. The van der Waals surface area contributed by atoms with Crippen molar-refractivity contribution in [2.24, 2.45) is 0 Å². The van der Waals surface area contributed by atoms with Crippen molar-refractivity contribution in [3.63, 3.8) is 0 Å². The molecule has 3 aromatic rings. The predicted octanol–water partition coefficient (Wildman–Crippen LogP) is 4.68. The van der Waals surface area contributed by atoms with Gasteiger partial charge in [0.05, 0.1) is 5.56 Å². The average molecular weight is 451 g/mol. The first-order valence-electron chi connectivity index (χ1n) is 10.1. The van der Waals surface area contributed by atoms with Crippen LogP contribution in [0.2, 0.25) is 5.02 Å². The molecule has 6 nitrogen and oxygen atoms in total. The summed E-state index contributed by atoms with van der Waals surface area (Å²) < 4.78 is 0. The van der Waals surface area contributed by atoms with E-state index in [2.05, 4.69) is 15.3 Å². The maximum atomic E-state index is 13.2. The number of rotatable bonds is 4. The van der Waals surface area contributed by atoms with E-state index in [-0.39, 0.29) is 11.3 Å². The van der Waals surface area contributed by atoms with Gasteiger partial charge in [-0.3, -0.25) is 14.6 Å². The number of ketones is 1. The Morgan fingerprint density at radius 3 is 2.81 bits per heavy atom. The SMILES string of the molecule is O=C1CCCC2=C1C(c1cccnc1)c1c(nc(SCc3ccccc3Cl)[nH]c1=O)N2. The maximum absolute atomic E-state index is 13.2. The number of carbonyl (C=O) groups excluding carboxylic acids is 1. The summed E-state index contributed by atoms with van der Waals surface area (Å²) in [6, 6.07) is 11.3. The second kappa shape index (κ2) is 8.32. The zero-order valence-electron chi connectivity index (χ0n) is 16.5. The van der Waals surface area contributed by atoms with E-state index in [1.165, 1.54) is 11.8 Å². The number of hydrogen-bond donors (Lipinski definition) is 2. The van der Waals surface area contributed by atoms with Crippen molar-refractivity contribution in [3.8, 4) is 0 Å². The molecule has 0 spiro atoms. The van der Waals surface area contributed by atoms with Gasteiger partial charge >= 0.3 is 0 Å². The van der Waals surface area contributed by atoms with Crippen LogP contribution in [0, 0.1) is 0 Å². The highest BCUT2D eigenvalue weighted by Gasteiger charge is 2.37. The number of fused-ring (bicyclic) bond motifs is 1. The number of anilines is 1. The second-order valence-corrected chi connectivity index (χ2v) is 8.90. The first-order chi connectivity index (χ1) is 15.1. The van der Waals surface area contributed by atoms with Gasteiger partial charge in [-0.15, -0.1) is 0 Å². The Hall–Kier alpha value is -2.90. The smallest absolute Gasteiger partial charge is 0.257 e. The number of halogens is 1. The molecule has 8 heteroatoms. The van der Waals surface area contributed by atoms with Gasteiger partial charge in [0.15, 0.2) is 10.9 Å². The number of nitrogens with zero attached hydrogens (tertiary/aromatic N) is 2. The van der Waals surface area contributed by atoms with Crippen LogP contribution in [0.1, 0.15) is 41.9 Å². The normalized spacial score (nSPS) is 17.7. The standard InChI is InChI=1S/C23H19ClN4O2S/c24-15-7-2-1-5-14(15)12-31-23-27-21-20(22(30)28-23)18(13-6-4-10-25-11-13)19-16(26-21)8-3-9-17(19)29/h1-2,4-7,10-11,18H,3,8-9,12H2,(H2,26,27,28,30). The van der Waals surface area contributed by atoms with Crippen molar-refractivity contribution in [3.05, 3.63) is 92.1 Å². The molecular weight excluding hydrogens is 432 g/mol. The monoisotopic (exact) mass is 450 g/mol. The van der Waals surface area contributed by atoms with Gasteiger partial charge in [-0.2, -0.15) is 0 Å². The molecule has 1 aromatic carbocycles. The molecule has 0 saturated heterocycles. The van der Waals surface area contributed by atoms with Crippen LogP contribution >= 0.6 is 23.4 Å². The van der Waals surface area contributed by atoms with E-state index in [1.54, 1.807) is 12.4 Å². The highest BCUT2D eigenvalue weighted by Crippen LogP contribution is 2.43. The van der Waals surface area contributed by atoms with Gasteiger partial charge in [-0.05, 0) is 36.1 Å². The molecule has 0 radical (unpaired) electrons. The highest BCUT2D eigenvalue weighted by atomic mass is 35.5. The molecule has 1 aliphatic heterocycles. The first kappa shape index (κ1) is 20.0. The molecule has 0 fully saturated rings. The Bertz CT molecular complexity index is 1260. The Balaban J connectivity index is 1.56. The summed E-state index contributed by atoms with van der Waals surface area (Å²) in [5, 5.41) is 4.48. The number of thioether (sulfide) groups is 1. The van der Waals surface area contributed by atoms with Gasteiger partial charge in [-0.25, -0.2) is 4.98 Å². The Morgan fingerprint density at radius 2 is 2.00 bits per heavy atom. The lowest BCUT2D eigenvalue weighted by Crippen LogP contribution is -2.32. The molecule has 0 amide bonds. The third kappa shape index (κ3) is 3.79. The minimum Gasteiger partial charge on any atom is -0.343 e. The van der Waals surface area contributed by atoms with Gasteiger partial charge in [-0.1, -0.05) is 47.6 Å². The molecule has 0 saturated carbocycles. The number of benzene rings is 1. The highest BCUT2D eigenvalue weighted by molar-refractivity contribution is 7.98. The Kier molecular flexibility index (Phi) is 5.38. The van der Waals surface area contributed by atoms with Gasteiger partial charge in [0.25, 0.3) is 5.56 Å². The van der Waals surface area contributed by atoms with Gasteiger partial charge < -0.3 is 10.3 Å². The van der Waals surface area contributed by atoms with Crippen LogP contribution in [-0.4, -0.2) is 20.7 Å². The third-order valence-electron chi connectivity index (χ3n) is 5.58. The topological polar surface area (TPSA) is 87.7 Å². The fourth-order valence-electron chi connectivity index (χ4n) is 4.15. The lowest BCUT2D eigenvalue weighted by atomic mass is 9.77. The van der Waals surface area contributed by atoms with Crippen molar-refractivity contribution < 1.29 is 4.79 Å². The summed E-state index contributed by atoms with van der Waals surface area (Å²) in [5.41, 5.74) is 3.52. The van der Waals surface area contributed by atoms with E-state index in [1.807, 2.05) is 36.4 Å². The summed E-state index contributed by atoms with van der Waals surface area (Å²) >= 11 is 7.67. The summed E-state index contributed by atoms with van der Waals surface area (Å²) in [5.74, 6) is 0.698. The minimum absolute atomic E-state index is 0.0739. The van der Waals surface area contributed by atoms with Crippen molar-refractivity contribution in [1.82, 2.24) is 15.0 Å². The lowest BCUT2D eigenvalue weighted by molar-refractivity contribution is -0.116.